The van der Waals surface area contributed by atoms with Gasteiger partial charge in [-0.1, -0.05) is 24.3 Å². The molecule has 2 aromatic heterocycles. The lowest BCUT2D eigenvalue weighted by Crippen LogP contribution is -2.53. The molecule has 0 spiro atoms. The molecule has 0 bridgehead atoms. The van der Waals surface area contributed by atoms with Gasteiger partial charge >= 0.3 is 0 Å². The monoisotopic (exact) mass is 649 g/mol. The molecule has 0 aliphatic carbocycles. The van der Waals surface area contributed by atoms with Crippen molar-refractivity contribution in [2.24, 2.45) is 0 Å². The minimum absolute atomic E-state index is 0.0625. The minimum Gasteiger partial charge on any atom is -0.497 e. The first-order chi connectivity index (χ1) is 22.0. The fraction of sp³-hybridized carbons (Fsp3) is 0.394. The summed E-state index contributed by atoms with van der Waals surface area (Å²) in [4.78, 5) is 22.2. The first-order valence-corrected chi connectivity index (χ1v) is 16.9. The van der Waals surface area contributed by atoms with E-state index in [1.54, 1.807) is 27.2 Å². The van der Waals surface area contributed by atoms with Crippen LogP contribution in [0.4, 0.5) is 10.3 Å². The Morgan fingerprint density at radius 1 is 0.913 bits per heavy atom. The average molecular weight is 650 g/mol. The van der Waals surface area contributed by atoms with Crippen LogP contribution in [0, 0.1) is 12.9 Å². The summed E-state index contributed by atoms with van der Waals surface area (Å²) in [5, 5.41) is 0. The Balaban J connectivity index is 1.39. The van der Waals surface area contributed by atoms with Gasteiger partial charge < -0.3 is 14.4 Å². The van der Waals surface area contributed by atoms with Gasteiger partial charge in [-0.15, -0.1) is 0 Å². The highest BCUT2D eigenvalue weighted by Gasteiger charge is 2.28. The number of aryl methyl sites for hydroxylation is 1. The minimum atomic E-state index is -3.22. The Hall–Kier alpha value is -4.20. The van der Waals surface area contributed by atoms with E-state index in [-0.39, 0.29) is 17.4 Å². The lowest BCUT2D eigenvalue weighted by atomic mass is 10.1. The van der Waals surface area contributed by atoms with Crippen LogP contribution in [0.1, 0.15) is 29.4 Å². The van der Waals surface area contributed by atoms with Gasteiger partial charge in [0.25, 0.3) is 0 Å². The van der Waals surface area contributed by atoms with Crippen molar-refractivity contribution in [1.82, 2.24) is 29.1 Å². The number of benzene rings is 2. The van der Waals surface area contributed by atoms with Crippen molar-refractivity contribution in [1.29, 1.82) is 0 Å². The number of nitrogens with zero attached hydrogens (tertiary/aromatic N) is 7. The number of hydrogen-bond acceptors (Lipinski definition) is 10. The maximum absolute atomic E-state index is 15.2. The summed E-state index contributed by atoms with van der Waals surface area (Å²) in [6.45, 7) is 6.98. The third kappa shape index (κ3) is 8.33. The maximum atomic E-state index is 15.2. The van der Waals surface area contributed by atoms with Gasteiger partial charge in [0.05, 0.1) is 26.0 Å². The molecular formula is C33H40FN7O4S. The van der Waals surface area contributed by atoms with Gasteiger partial charge in [0, 0.05) is 51.5 Å². The zero-order valence-corrected chi connectivity index (χ0v) is 27.7. The number of halogens is 1. The number of methoxy groups -OCH3 is 2. The second-order valence-electron chi connectivity index (χ2n) is 11.5. The number of pyridine rings is 1. The van der Waals surface area contributed by atoms with Gasteiger partial charge in [-0.05, 0) is 67.3 Å². The average Bonchev–Trinajstić information content (AvgIpc) is 3.04. The Labute approximate surface area is 270 Å². The predicted molar refractivity (Wildman–Crippen MR) is 175 cm³/mol. The van der Waals surface area contributed by atoms with Crippen molar-refractivity contribution in [2.75, 3.05) is 51.6 Å². The molecule has 0 saturated carbocycles. The van der Waals surface area contributed by atoms with Crippen LogP contribution in [0.2, 0.25) is 0 Å². The summed E-state index contributed by atoms with van der Waals surface area (Å²) in [6.07, 6.45) is 3.39. The number of sulfonamides is 1. The zero-order chi connectivity index (χ0) is 32.8. The molecule has 5 rings (SSSR count). The van der Waals surface area contributed by atoms with E-state index in [1.165, 1.54) is 16.8 Å². The molecule has 2 aromatic carbocycles. The summed E-state index contributed by atoms with van der Waals surface area (Å²) in [7, 11) is 0.0384. The SMILES string of the molecule is COc1ccc(CN(Cc2ccc(OC)cc2)c2nc(C)nc(-c3cc(CCN4CCN(S(C)(=O)=O)C[C@@H]4C)cnc3F)n2)cc1. The highest BCUT2D eigenvalue weighted by Crippen LogP contribution is 2.25. The first-order valence-electron chi connectivity index (χ1n) is 15.1. The van der Waals surface area contributed by atoms with E-state index >= 15 is 4.39 Å². The highest BCUT2D eigenvalue weighted by atomic mass is 32.2. The van der Waals surface area contributed by atoms with Crippen LogP contribution in [-0.2, 0) is 29.5 Å². The summed E-state index contributed by atoms with van der Waals surface area (Å²) >= 11 is 0. The lowest BCUT2D eigenvalue weighted by molar-refractivity contribution is 0.131. The van der Waals surface area contributed by atoms with E-state index < -0.39 is 16.0 Å². The predicted octanol–water partition coefficient (Wildman–Crippen LogP) is 4.11. The third-order valence-electron chi connectivity index (χ3n) is 8.10. The molecule has 13 heteroatoms. The number of piperazine rings is 1. The Morgan fingerprint density at radius 2 is 1.52 bits per heavy atom. The molecule has 1 atom stereocenters. The van der Waals surface area contributed by atoms with Crippen molar-refractivity contribution < 1.29 is 22.3 Å². The Kier molecular flexibility index (Phi) is 10.4. The normalized spacial score (nSPS) is 15.9. The Morgan fingerprint density at radius 3 is 2.07 bits per heavy atom. The first kappa shape index (κ1) is 33.2. The van der Waals surface area contributed by atoms with Crippen LogP contribution in [0.15, 0.2) is 60.8 Å². The van der Waals surface area contributed by atoms with Crippen LogP contribution in [0.3, 0.4) is 0 Å². The number of ether oxygens (including phenoxy) is 2. The van der Waals surface area contributed by atoms with Gasteiger partial charge in [0.1, 0.15) is 17.3 Å². The molecule has 0 N–H and O–H groups in total. The molecule has 11 nitrogen and oxygen atoms in total. The van der Waals surface area contributed by atoms with E-state index in [0.29, 0.717) is 57.5 Å². The number of rotatable bonds is 12. The molecule has 4 aromatic rings. The van der Waals surface area contributed by atoms with Gasteiger partial charge in [0.2, 0.25) is 21.9 Å². The van der Waals surface area contributed by atoms with Gasteiger partial charge in [-0.25, -0.2) is 18.4 Å². The van der Waals surface area contributed by atoms with Crippen molar-refractivity contribution in [3.63, 3.8) is 0 Å². The second-order valence-corrected chi connectivity index (χ2v) is 13.5. The van der Waals surface area contributed by atoms with Crippen molar-refractivity contribution in [2.45, 2.75) is 39.4 Å². The fourth-order valence-electron chi connectivity index (χ4n) is 5.48. The molecule has 0 amide bonds. The smallest absolute Gasteiger partial charge is 0.229 e. The lowest BCUT2D eigenvalue weighted by Gasteiger charge is -2.38. The van der Waals surface area contributed by atoms with E-state index in [9.17, 15) is 8.42 Å². The van der Waals surface area contributed by atoms with Gasteiger partial charge in [-0.2, -0.15) is 18.7 Å². The van der Waals surface area contributed by atoms with Crippen molar-refractivity contribution >= 4 is 16.0 Å². The van der Waals surface area contributed by atoms with Crippen molar-refractivity contribution in [3.05, 3.63) is 89.3 Å². The largest absolute Gasteiger partial charge is 0.497 e. The van der Waals surface area contributed by atoms with Crippen LogP contribution < -0.4 is 14.4 Å². The summed E-state index contributed by atoms with van der Waals surface area (Å²) < 4.78 is 51.4. The highest BCUT2D eigenvalue weighted by molar-refractivity contribution is 7.88. The van der Waals surface area contributed by atoms with E-state index in [2.05, 4.69) is 19.9 Å². The molecule has 3 heterocycles. The molecular weight excluding hydrogens is 609 g/mol. The van der Waals surface area contributed by atoms with Crippen LogP contribution in [0.25, 0.3) is 11.4 Å². The van der Waals surface area contributed by atoms with Gasteiger partial charge in [-0.3, -0.25) is 4.90 Å². The van der Waals surface area contributed by atoms with E-state index in [0.717, 1.165) is 28.2 Å². The van der Waals surface area contributed by atoms with E-state index in [4.69, 9.17) is 14.5 Å². The molecule has 1 aliphatic rings. The topological polar surface area (TPSA) is 114 Å². The summed E-state index contributed by atoms with van der Waals surface area (Å²) in [5.41, 5.74) is 3.08. The van der Waals surface area contributed by atoms with Crippen LogP contribution in [0.5, 0.6) is 11.5 Å². The zero-order valence-electron chi connectivity index (χ0n) is 26.9. The maximum Gasteiger partial charge on any atom is 0.229 e. The Bertz CT molecular complexity index is 1690. The van der Waals surface area contributed by atoms with Crippen LogP contribution in [-0.4, -0.2) is 90.3 Å². The van der Waals surface area contributed by atoms with Crippen molar-refractivity contribution in [3.8, 4) is 22.9 Å². The molecule has 1 saturated heterocycles. The standard InChI is InChI=1S/C33H40FN7O4S/c1-23-20-41(46(5,42)43)17-16-39(23)15-14-27-18-30(31(34)35-19-27)32-36-24(2)37-33(38-32)40(21-25-6-10-28(44-3)11-7-25)22-26-8-12-29(45-4)13-9-26/h6-13,18-19,23H,14-17,20-22H2,1-5H3/t23-/m0/s1. The van der Waals surface area contributed by atoms with Gasteiger partial charge in [0.15, 0.2) is 5.82 Å². The molecule has 46 heavy (non-hydrogen) atoms. The number of aromatic nitrogens is 4. The molecule has 244 valence electrons. The summed E-state index contributed by atoms with van der Waals surface area (Å²) in [6, 6.07) is 17.4. The third-order valence-corrected chi connectivity index (χ3v) is 9.37. The second kappa shape index (κ2) is 14.5. The van der Waals surface area contributed by atoms with E-state index in [1.807, 2.05) is 60.4 Å². The number of hydrogen-bond donors (Lipinski definition) is 0. The molecule has 1 fully saturated rings. The summed E-state index contributed by atoms with van der Waals surface area (Å²) in [5.74, 6) is 1.94. The molecule has 0 radical (unpaired) electrons. The molecule has 0 unspecified atom stereocenters. The fourth-order valence-corrected chi connectivity index (χ4v) is 6.38. The molecule has 1 aliphatic heterocycles. The van der Waals surface area contributed by atoms with Crippen LogP contribution >= 0.6 is 0 Å². The number of anilines is 1. The quantitative estimate of drug-likeness (QED) is 0.208.